The largest absolute Gasteiger partial charge is 0.530 e. The zero-order valence-corrected chi connectivity index (χ0v) is 14.8. The van der Waals surface area contributed by atoms with E-state index in [1.165, 1.54) is 17.0 Å². The lowest BCUT2D eigenvalue weighted by atomic mass is 9.94. The number of nitrogens with zero attached hydrogens (tertiary/aromatic N) is 2. The molecule has 0 aromatic heterocycles. The highest BCUT2D eigenvalue weighted by molar-refractivity contribution is 5.63. The molecular weight excluding hydrogens is 333 g/mol. The number of rotatable bonds is 3. The van der Waals surface area contributed by atoms with Gasteiger partial charge in [0.15, 0.2) is 0 Å². The van der Waals surface area contributed by atoms with Gasteiger partial charge in [-0.1, -0.05) is 0 Å². The number of halogens is 3. The summed E-state index contributed by atoms with van der Waals surface area (Å²) in [7, 11) is 0. The number of benzene rings is 1. The molecule has 25 heavy (non-hydrogen) atoms. The molecule has 0 aliphatic carbocycles. The van der Waals surface area contributed by atoms with E-state index in [9.17, 15) is 23.1 Å². The number of piperidine rings is 1. The van der Waals surface area contributed by atoms with E-state index in [2.05, 4.69) is 0 Å². The summed E-state index contributed by atoms with van der Waals surface area (Å²) in [6.07, 6.45) is -3.91. The first-order valence-corrected chi connectivity index (χ1v) is 8.39. The van der Waals surface area contributed by atoms with E-state index in [0.29, 0.717) is 19.6 Å². The van der Waals surface area contributed by atoms with Crippen LogP contribution in [-0.4, -0.2) is 36.2 Å². The second-order valence-corrected chi connectivity index (χ2v) is 7.52. The monoisotopic (exact) mass is 357 g/mol. The Morgan fingerprint density at radius 3 is 2.08 bits per heavy atom. The first kappa shape index (κ1) is 19.4. The van der Waals surface area contributed by atoms with Gasteiger partial charge in [0.25, 0.3) is 0 Å². The van der Waals surface area contributed by atoms with Crippen molar-refractivity contribution in [1.29, 1.82) is 0 Å². The van der Waals surface area contributed by atoms with Crippen molar-refractivity contribution >= 4 is 11.8 Å². The molecule has 1 fully saturated rings. The van der Waals surface area contributed by atoms with E-state index in [-0.39, 0.29) is 5.92 Å². The van der Waals surface area contributed by atoms with Crippen LogP contribution in [-0.2, 0) is 6.18 Å². The molecule has 4 nitrogen and oxygen atoms in total. The minimum Gasteiger partial charge on any atom is -0.530 e. The van der Waals surface area contributed by atoms with E-state index in [0.717, 1.165) is 30.7 Å². The number of carboxylic acid groups (broad SMARTS) is 1. The third-order valence-corrected chi connectivity index (χ3v) is 4.65. The lowest BCUT2D eigenvalue weighted by Crippen LogP contribution is -2.54. The van der Waals surface area contributed by atoms with Gasteiger partial charge in [0.2, 0.25) is 0 Å². The molecule has 1 amide bonds. The van der Waals surface area contributed by atoms with Crippen LogP contribution in [0.3, 0.4) is 0 Å². The fourth-order valence-corrected chi connectivity index (χ4v) is 3.12. The van der Waals surface area contributed by atoms with E-state index >= 15 is 0 Å². The summed E-state index contributed by atoms with van der Waals surface area (Å²) in [6, 6.07) is 5.18. The van der Waals surface area contributed by atoms with Crippen molar-refractivity contribution in [1.82, 2.24) is 4.90 Å². The van der Waals surface area contributed by atoms with Crippen molar-refractivity contribution in [2.45, 2.75) is 45.3 Å². The molecule has 1 saturated heterocycles. The van der Waals surface area contributed by atoms with Crippen LogP contribution < -0.4 is 10.0 Å². The molecule has 1 aliphatic heterocycles. The highest BCUT2D eigenvalue weighted by atomic mass is 19.4. The van der Waals surface area contributed by atoms with Gasteiger partial charge < -0.3 is 19.7 Å². The number of hydrogen-bond donors (Lipinski definition) is 0. The van der Waals surface area contributed by atoms with Crippen LogP contribution in [0.4, 0.5) is 23.7 Å². The average Bonchev–Trinajstić information content (AvgIpc) is 2.51. The Morgan fingerprint density at radius 2 is 1.68 bits per heavy atom. The predicted octanol–water partition coefficient (Wildman–Crippen LogP) is 3.37. The third kappa shape index (κ3) is 5.03. The van der Waals surface area contributed by atoms with Gasteiger partial charge in [-0.3, -0.25) is 0 Å². The number of hydrogen-bond acceptors (Lipinski definition) is 3. The summed E-state index contributed by atoms with van der Waals surface area (Å²) in [5, 5.41) is 11.3. The van der Waals surface area contributed by atoms with Gasteiger partial charge in [-0.2, -0.15) is 13.2 Å². The van der Waals surface area contributed by atoms with Crippen molar-refractivity contribution in [2.75, 3.05) is 24.5 Å². The summed E-state index contributed by atoms with van der Waals surface area (Å²) in [5.74, 6) is 0.225. The Morgan fingerprint density at radius 1 is 1.16 bits per heavy atom. The highest BCUT2D eigenvalue weighted by Gasteiger charge is 2.31. The molecule has 0 N–H and O–H groups in total. The predicted molar refractivity (Wildman–Crippen MR) is 88.2 cm³/mol. The summed E-state index contributed by atoms with van der Waals surface area (Å²) >= 11 is 0. The molecule has 0 saturated carbocycles. The number of amides is 1. The van der Waals surface area contributed by atoms with E-state index < -0.39 is 23.4 Å². The van der Waals surface area contributed by atoms with E-state index in [1.807, 2.05) is 25.7 Å². The zero-order valence-electron chi connectivity index (χ0n) is 14.8. The molecule has 1 aromatic carbocycles. The Bertz CT molecular complexity index is 586. The first-order chi connectivity index (χ1) is 11.5. The van der Waals surface area contributed by atoms with Crippen molar-refractivity contribution in [3.8, 4) is 0 Å². The van der Waals surface area contributed by atoms with Crippen LogP contribution in [0, 0.1) is 5.92 Å². The van der Waals surface area contributed by atoms with Gasteiger partial charge in [-0.25, -0.2) is 0 Å². The van der Waals surface area contributed by atoms with E-state index in [4.69, 9.17) is 0 Å². The summed E-state index contributed by atoms with van der Waals surface area (Å²) in [6.45, 7) is 7.31. The van der Waals surface area contributed by atoms with Gasteiger partial charge in [-0.15, -0.1) is 0 Å². The summed E-state index contributed by atoms with van der Waals surface area (Å²) in [4.78, 5) is 14.7. The quantitative estimate of drug-likeness (QED) is 0.833. The topological polar surface area (TPSA) is 46.6 Å². The molecule has 140 valence electrons. The number of anilines is 1. The second kappa shape index (κ2) is 7.14. The lowest BCUT2D eigenvalue weighted by molar-refractivity contribution is -0.271. The second-order valence-electron chi connectivity index (χ2n) is 7.52. The maximum atomic E-state index is 12.6. The Labute approximate surface area is 146 Å². The molecule has 1 aromatic rings. The Balaban J connectivity index is 1.94. The number of carbonyl (C=O) groups excluding carboxylic acids is 1. The molecule has 0 radical (unpaired) electrons. The minimum atomic E-state index is -4.33. The third-order valence-electron chi connectivity index (χ3n) is 4.65. The maximum absolute atomic E-state index is 12.6. The first-order valence-electron chi connectivity index (χ1n) is 8.39. The van der Waals surface area contributed by atoms with Crippen LogP contribution >= 0.6 is 0 Å². The SMILES string of the molecule is CC(C)(C)N(CC1CCN(c2ccc(C(F)(F)F)cc2)CC1)C(=O)[O-]. The van der Waals surface area contributed by atoms with Crippen molar-refractivity contribution in [3.63, 3.8) is 0 Å². The van der Waals surface area contributed by atoms with Gasteiger partial charge in [0.05, 0.1) is 5.56 Å². The van der Waals surface area contributed by atoms with Crippen LogP contribution in [0.25, 0.3) is 0 Å². The molecule has 2 rings (SSSR count). The average molecular weight is 357 g/mol. The minimum absolute atomic E-state index is 0.225. The van der Waals surface area contributed by atoms with Gasteiger partial charge in [-0.05, 0) is 63.8 Å². The van der Waals surface area contributed by atoms with Crippen LogP contribution in [0.15, 0.2) is 24.3 Å². The fourth-order valence-electron chi connectivity index (χ4n) is 3.12. The van der Waals surface area contributed by atoms with Gasteiger partial charge in [0.1, 0.15) is 6.09 Å². The van der Waals surface area contributed by atoms with Crippen LogP contribution in [0.1, 0.15) is 39.2 Å². The summed E-state index contributed by atoms with van der Waals surface area (Å²) < 4.78 is 37.9. The maximum Gasteiger partial charge on any atom is 0.416 e. The molecule has 0 bridgehead atoms. The van der Waals surface area contributed by atoms with Crippen LogP contribution in [0.2, 0.25) is 0 Å². The number of alkyl halides is 3. The van der Waals surface area contributed by atoms with E-state index in [1.54, 1.807) is 0 Å². The summed E-state index contributed by atoms with van der Waals surface area (Å²) in [5.41, 5.74) is -0.399. The van der Waals surface area contributed by atoms with Gasteiger partial charge in [0, 0.05) is 30.9 Å². The normalized spacial score (nSPS) is 16.8. The standard InChI is InChI=1S/C18H25F3N2O2/c1-17(2,3)23(16(24)25)12-13-8-10-22(11-9-13)15-6-4-14(5-7-15)18(19,20)21/h4-7,13H,8-12H2,1-3H3,(H,24,25)/p-1. The molecule has 1 heterocycles. The molecule has 7 heteroatoms. The van der Waals surface area contributed by atoms with Crippen LogP contribution in [0.5, 0.6) is 0 Å². The molecule has 0 spiro atoms. The Hall–Kier alpha value is -1.92. The van der Waals surface area contributed by atoms with Crippen molar-refractivity contribution < 1.29 is 23.1 Å². The highest BCUT2D eigenvalue weighted by Crippen LogP contribution is 2.31. The molecule has 0 atom stereocenters. The molecule has 1 aliphatic rings. The smallest absolute Gasteiger partial charge is 0.416 e. The number of carbonyl (C=O) groups is 1. The zero-order chi connectivity index (χ0) is 18.8. The fraction of sp³-hybridized carbons (Fsp3) is 0.611. The van der Waals surface area contributed by atoms with Crippen molar-refractivity contribution in [3.05, 3.63) is 29.8 Å². The van der Waals surface area contributed by atoms with Crippen molar-refractivity contribution in [2.24, 2.45) is 5.92 Å². The van der Waals surface area contributed by atoms with Gasteiger partial charge >= 0.3 is 6.18 Å². The Kier molecular flexibility index (Phi) is 5.54. The lowest BCUT2D eigenvalue weighted by Gasteiger charge is -2.42. The molecular formula is C18H24F3N2O2-. The molecule has 0 unspecified atom stereocenters.